The molecule has 118 valence electrons. The Morgan fingerprint density at radius 3 is 2.73 bits per heavy atom. The van der Waals surface area contributed by atoms with E-state index >= 15 is 0 Å². The number of imide groups is 1. The van der Waals surface area contributed by atoms with Crippen molar-refractivity contribution in [3.8, 4) is 5.75 Å². The summed E-state index contributed by atoms with van der Waals surface area (Å²) in [6, 6.07) is 2.51. The summed E-state index contributed by atoms with van der Waals surface area (Å²) in [5, 5.41) is 11.5. The van der Waals surface area contributed by atoms with Crippen LogP contribution in [0.25, 0.3) is 0 Å². The quantitative estimate of drug-likeness (QED) is 0.774. The SMILES string of the molecule is CCOc1c(F)cc(NC2=CC(=O)N(CCO)C2=O)cc1Cl. The highest BCUT2D eigenvalue weighted by atomic mass is 35.5. The number of nitrogens with one attached hydrogen (secondary N) is 1. The predicted molar refractivity (Wildman–Crippen MR) is 78.1 cm³/mol. The molecule has 2 N–H and O–H groups in total. The fourth-order valence-corrected chi connectivity index (χ4v) is 2.24. The topological polar surface area (TPSA) is 78.9 Å². The third-order valence-corrected chi connectivity index (χ3v) is 3.18. The average Bonchev–Trinajstić information content (AvgIpc) is 2.71. The Kier molecular flexibility index (Phi) is 4.99. The van der Waals surface area contributed by atoms with Gasteiger partial charge in [-0.15, -0.1) is 0 Å². The molecule has 1 aliphatic heterocycles. The van der Waals surface area contributed by atoms with Crippen LogP contribution in [-0.2, 0) is 9.59 Å². The number of ether oxygens (including phenoxy) is 1. The zero-order chi connectivity index (χ0) is 16.3. The standard InChI is InChI=1S/C14H14ClFN2O4/c1-2-22-13-9(15)5-8(6-10(13)16)17-11-7-12(20)18(3-4-19)14(11)21/h5-7,17,19H,2-4H2,1H3. The van der Waals surface area contributed by atoms with Crippen LogP contribution in [0.3, 0.4) is 0 Å². The average molecular weight is 329 g/mol. The second-order valence-electron chi connectivity index (χ2n) is 4.40. The molecule has 6 nitrogen and oxygen atoms in total. The van der Waals surface area contributed by atoms with Crippen LogP contribution in [0.1, 0.15) is 6.92 Å². The predicted octanol–water partition coefficient (Wildman–Crippen LogP) is 1.53. The summed E-state index contributed by atoms with van der Waals surface area (Å²) in [7, 11) is 0. The molecule has 0 atom stereocenters. The van der Waals surface area contributed by atoms with Crippen LogP contribution in [0.4, 0.5) is 10.1 Å². The lowest BCUT2D eigenvalue weighted by molar-refractivity contribution is -0.137. The fourth-order valence-electron chi connectivity index (χ4n) is 1.98. The first-order chi connectivity index (χ1) is 10.5. The van der Waals surface area contributed by atoms with E-state index in [0.717, 1.165) is 17.0 Å². The lowest BCUT2D eigenvalue weighted by Crippen LogP contribution is -2.34. The summed E-state index contributed by atoms with van der Waals surface area (Å²) in [6.45, 7) is 1.53. The highest BCUT2D eigenvalue weighted by molar-refractivity contribution is 6.32. The second kappa shape index (κ2) is 6.76. The minimum Gasteiger partial charge on any atom is -0.489 e. The molecule has 0 saturated heterocycles. The van der Waals surface area contributed by atoms with Gasteiger partial charge in [-0.1, -0.05) is 11.6 Å². The molecule has 8 heteroatoms. The van der Waals surface area contributed by atoms with E-state index in [-0.39, 0.29) is 41.9 Å². The number of hydrogen-bond donors (Lipinski definition) is 2. The highest BCUT2D eigenvalue weighted by Gasteiger charge is 2.30. The van der Waals surface area contributed by atoms with Crippen molar-refractivity contribution in [3.63, 3.8) is 0 Å². The number of aliphatic hydroxyl groups excluding tert-OH is 1. The van der Waals surface area contributed by atoms with E-state index in [1.807, 2.05) is 0 Å². The maximum absolute atomic E-state index is 13.9. The minimum atomic E-state index is -0.679. The Morgan fingerprint density at radius 1 is 1.41 bits per heavy atom. The number of benzene rings is 1. The number of carbonyl (C=O) groups excluding carboxylic acids is 2. The van der Waals surface area contributed by atoms with Crippen molar-refractivity contribution in [1.29, 1.82) is 0 Å². The van der Waals surface area contributed by atoms with Crippen LogP contribution in [-0.4, -0.2) is 41.6 Å². The Hall–Kier alpha value is -2.12. The number of anilines is 1. The lowest BCUT2D eigenvalue weighted by atomic mass is 10.2. The van der Waals surface area contributed by atoms with Gasteiger partial charge < -0.3 is 15.2 Å². The van der Waals surface area contributed by atoms with Crippen molar-refractivity contribution in [2.75, 3.05) is 25.1 Å². The molecule has 0 radical (unpaired) electrons. The van der Waals surface area contributed by atoms with Crippen molar-refractivity contribution >= 4 is 29.1 Å². The number of β-amino-alcohol motifs (C(OH)–C–C–N with tert-alkyl or cyclic N) is 1. The number of carbonyl (C=O) groups is 2. The monoisotopic (exact) mass is 328 g/mol. The maximum Gasteiger partial charge on any atom is 0.277 e. The first-order valence-corrected chi connectivity index (χ1v) is 6.93. The molecule has 1 aromatic carbocycles. The van der Waals surface area contributed by atoms with Gasteiger partial charge in [0, 0.05) is 17.8 Å². The van der Waals surface area contributed by atoms with Gasteiger partial charge in [-0.3, -0.25) is 14.5 Å². The molecular formula is C14H14ClFN2O4. The lowest BCUT2D eigenvalue weighted by Gasteiger charge is -2.14. The molecule has 0 bridgehead atoms. The number of halogens is 2. The summed E-state index contributed by atoms with van der Waals surface area (Å²) in [6.07, 6.45) is 1.08. The zero-order valence-corrected chi connectivity index (χ0v) is 12.5. The maximum atomic E-state index is 13.9. The zero-order valence-electron chi connectivity index (χ0n) is 11.7. The summed E-state index contributed by atoms with van der Waals surface area (Å²) >= 11 is 5.92. The molecule has 0 unspecified atom stereocenters. The fraction of sp³-hybridized carbons (Fsp3) is 0.286. The van der Waals surface area contributed by atoms with E-state index in [1.54, 1.807) is 6.92 Å². The van der Waals surface area contributed by atoms with Gasteiger partial charge in [0.25, 0.3) is 11.8 Å². The highest BCUT2D eigenvalue weighted by Crippen LogP contribution is 2.32. The van der Waals surface area contributed by atoms with Crippen molar-refractivity contribution in [1.82, 2.24) is 4.90 Å². The summed E-state index contributed by atoms with van der Waals surface area (Å²) in [5.74, 6) is -1.88. The number of aliphatic hydroxyl groups is 1. The van der Waals surface area contributed by atoms with E-state index in [0.29, 0.717) is 0 Å². The molecule has 2 amide bonds. The Morgan fingerprint density at radius 2 is 2.14 bits per heavy atom. The van der Waals surface area contributed by atoms with E-state index in [2.05, 4.69) is 5.32 Å². The smallest absolute Gasteiger partial charge is 0.277 e. The molecule has 1 aliphatic rings. The van der Waals surface area contributed by atoms with Gasteiger partial charge in [0.05, 0.1) is 24.8 Å². The number of nitrogens with zero attached hydrogens (tertiary/aromatic N) is 1. The van der Waals surface area contributed by atoms with Gasteiger partial charge in [-0.25, -0.2) is 4.39 Å². The molecule has 0 aliphatic carbocycles. The largest absolute Gasteiger partial charge is 0.489 e. The first kappa shape index (κ1) is 16.3. The first-order valence-electron chi connectivity index (χ1n) is 6.55. The molecule has 1 aromatic rings. The molecule has 1 heterocycles. The molecule has 2 rings (SSSR count). The number of hydrogen-bond acceptors (Lipinski definition) is 5. The number of rotatable bonds is 6. The van der Waals surface area contributed by atoms with Gasteiger partial charge in [0.2, 0.25) is 0 Å². The Bertz CT molecular complexity index is 625. The molecule has 0 aromatic heterocycles. The van der Waals surface area contributed by atoms with Crippen molar-refractivity contribution in [2.24, 2.45) is 0 Å². The third-order valence-electron chi connectivity index (χ3n) is 2.90. The molecule has 0 fully saturated rings. The molecular weight excluding hydrogens is 315 g/mol. The van der Waals surface area contributed by atoms with Gasteiger partial charge in [0.15, 0.2) is 11.6 Å². The van der Waals surface area contributed by atoms with Crippen LogP contribution in [0, 0.1) is 5.82 Å². The van der Waals surface area contributed by atoms with Crippen LogP contribution < -0.4 is 10.1 Å². The van der Waals surface area contributed by atoms with Crippen molar-refractivity contribution < 1.29 is 23.8 Å². The Balaban J connectivity index is 2.20. The third kappa shape index (κ3) is 3.20. The normalized spacial score (nSPS) is 14.4. The van der Waals surface area contributed by atoms with Crippen LogP contribution in [0.2, 0.25) is 5.02 Å². The van der Waals surface area contributed by atoms with Gasteiger partial charge in [-0.2, -0.15) is 0 Å². The minimum absolute atomic E-state index is 0.0157. The van der Waals surface area contributed by atoms with Crippen molar-refractivity contribution in [3.05, 3.63) is 34.7 Å². The van der Waals surface area contributed by atoms with E-state index in [4.69, 9.17) is 21.4 Å². The van der Waals surface area contributed by atoms with Crippen LogP contribution >= 0.6 is 11.6 Å². The second-order valence-corrected chi connectivity index (χ2v) is 4.81. The summed E-state index contributed by atoms with van der Waals surface area (Å²) in [4.78, 5) is 24.5. The van der Waals surface area contributed by atoms with Gasteiger partial charge in [0.1, 0.15) is 5.70 Å². The van der Waals surface area contributed by atoms with E-state index < -0.39 is 17.6 Å². The van der Waals surface area contributed by atoms with Gasteiger partial charge in [-0.05, 0) is 13.0 Å². The summed E-state index contributed by atoms with van der Waals surface area (Å²) in [5.41, 5.74) is 0.197. The van der Waals surface area contributed by atoms with Crippen molar-refractivity contribution in [2.45, 2.75) is 6.92 Å². The number of amides is 2. The van der Waals surface area contributed by atoms with Crippen LogP contribution in [0.15, 0.2) is 23.9 Å². The molecule has 0 spiro atoms. The summed E-state index contributed by atoms with van der Waals surface area (Å²) < 4.78 is 19.0. The van der Waals surface area contributed by atoms with E-state index in [1.165, 1.54) is 6.07 Å². The van der Waals surface area contributed by atoms with E-state index in [9.17, 15) is 14.0 Å². The van der Waals surface area contributed by atoms with Gasteiger partial charge >= 0.3 is 0 Å². The Labute approximate surface area is 131 Å². The molecule has 0 saturated carbocycles. The van der Waals surface area contributed by atoms with Crippen LogP contribution in [0.5, 0.6) is 5.75 Å². The molecule has 22 heavy (non-hydrogen) atoms.